The number of phenolic OH excluding ortho intramolecular Hbond substituents is 1. The monoisotopic (exact) mass is 322 g/mol. The van der Waals surface area contributed by atoms with Gasteiger partial charge in [-0.25, -0.2) is 0 Å². The molecule has 0 aliphatic heterocycles. The van der Waals surface area contributed by atoms with Gasteiger partial charge >= 0.3 is 0 Å². The van der Waals surface area contributed by atoms with Crippen LogP contribution in [0.15, 0.2) is 57.7 Å². The fourth-order valence-corrected chi connectivity index (χ4v) is 2.81. The van der Waals surface area contributed by atoms with Crippen LogP contribution in [-0.2, 0) is 0 Å². The summed E-state index contributed by atoms with van der Waals surface area (Å²) in [5, 5.41) is 12.3. The molecule has 122 valence electrons. The van der Waals surface area contributed by atoms with E-state index in [0.717, 1.165) is 5.39 Å². The Morgan fingerprint density at radius 1 is 0.958 bits per heavy atom. The van der Waals surface area contributed by atoms with Crippen LogP contribution in [0.4, 0.5) is 0 Å². The van der Waals surface area contributed by atoms with E-state index in [1.807, 2.05) is 26.0 Å². The van der Waals surface area contributed by atoms with Crippen molar-refractivity contribution in [3.05, 3.63) is 58.8 Å². The van der Waals surface area contributed by atoms with Gasteiger partial charge in [0.15, 0.2) is 0 Å². The molecule has 24 heavy (non-hydrogen) atoms. The van der Waals surface area contributed by atoms with E-state index in [-0.39, 0.29) is 11.2 Å². The van der Waals surface area contributed by atoms with E-state index < -0.39 is 0 Å². The van der Waals surface area contributed by atoms with Crippen molar-refractivity contribution < 1.29 is 14.3 Å². The van der Waals surface area contributed by atoms with Crippen LogP contribution in [0.1, 0.15) is 13.8 Å². The molecule has 1 aromatic heterocycles. The molecule has 4 heteroatoms. The molecule has 0 saturated heterocycles. The van der Waals surface area contributed by atoms with Crippen molar-refractivity contribution in [2.75, 3.05) is 7.11 Å². The summed E-state index contributed by atoms with van der Waals surface area (Å²) >= 11 is 0. The fraction of sp³-hybridized carbons (Fsp3) is 0.150. The van der Waals surface area contributed by atoms with Gasteiger partial charge in [0, 0.05) is 5.39 Å². The SMILES string of the molecule is CC.COc1ccc2oc3ccc4cccc(O)c4c3c(=O)c2c1. The smallest absolute Gasteiger partial charge is 0.201 e. The number of rotatable bonds is 1. The highest BCUT2D eigenvalue weighted by Crippen LogP contribution is 2.32. The van der Waals surface area contributed by atoms with Gasteiger partial charge in [-0.3, -0.25) is 4.79 Å². The number of phenols is 1. The molecule has 0 aliphatic rings. The molecule has 0 saturated carbocycles. The predicted octanol–water partition coefficient (Wildman–Crippen LogP) is 4.84. The van der Waals surface area contributed by atoms with Gasteiger partial charge in [0.2, 0.25) is 5.43 Å². The van der Waals surface area contributed by atoms with E-state index >= 15 is 0 Å². The van der Waals surface area contributed by atoms with E-state index in [9.17, 15) is 9.90 Å². The second-order valence-electron chi connectivity index (χ2n) is 5.11. The number of hydrogen-bond donors (Lipinski definition) is 1. The van der Waals surface area contributed by atoms with Gasteiger partial charge in [0.25, 0.3) is 0 Å². The summed E-state index contributed by atoms with van der Waals surface area (Å²) in [5.74, 6) is 0.654. The minimum absolute atomic E-state index is 0.0673. The van der Waals surface area contributed by atoms with E-state index in [0.29, 0.717) is 33.1 Å². The Balaban J connectivity index is 0.000000815. The maximum Gasteiger partial charge on any atom is 0.201 e. The average molecular weight is 322 g/mol. The molecule has 4 rings (SSSR count). The lowest BCUT2D eigenvalue weighted by atomic mass is 10.0. The highest BCUT2D eigenvalue weighted by Gasteiger charge is 2.13. The zero-order valence-corrected chi connectivity index (χ0v) is 13.8. The largest absolute Gasteiger partial charge is 0.507 e. The molecule has 0 unspecified atom stereocenters. The Morgan fingerprint density at radius 2 is 1.71 bits per heavy atom. The first-order valence-corrected chi connectivity index (χ1v) is 7.84. The Morgan fingerprint density at radius 3 is 2.46 bits per heavy atom. The Labute approximate surface area is 138 Å². The van der Waals surface area contributed by atoms with Crippen molar-refractivity contribution >= 4 is 32.7 Å². The molecule has 4 aromatic rings. The third-order valence-electron chi connectivity index (χ3n) is 3.86. The van der Waals surface area contributed by atoms with Crippen LogP contribution < -0.4 is 10.2 Å². The molecule has 3 aromatic carbocycles. The van der Waals surface area contributed by atoms with Gasteiger partial charge in [-0.05, 0) is 35.7 Å². The molecule has 1 N–H and O–H groups in total. The van der Waals surface area contributed by atoms with Crippen LogP contribution in [0, 0.1) is 0 Å². The first kappa shape index (κ1) is 15.9. The minimum atomic E-state index is -0.178. The third kappa shape index (κ3) is 2.36. The summed E-state index contributed by atoms with van der Waals surface area (Å²) in [7, 11) is 1.55. The molecular weight excluding hydrogens is 304 g/mol. The van der Waals surface area contributed by atoms with Gasteiger partial charge < -0.3 is 14.3 Å². The first-order valence-electron chi connectivity index (χ1n) is 7.84. The zero-order chi connectivity index (χ0) is 17.3. The van der Waals surface area contributed by atoms with Crippen molar-refractivity contribution in [2.24, 2.45) is 0 Å². The summed E-state index contributed by atoms with van der Waals surface area (Å²) in [5.41, 5.74) is 0.770. The summed E-state index contributed by atoms with van der Waals surface area (Å²) in [4.78, 5) is 12.9. The molecule has 1 heterocycles. The average Bonchev–Trinajstić information content (AvgIpc) is 2.63. The van der Waals surface area contributed by atoms with Crippen molar-refractivity contribution in [1.29, 1.82) is 0 Å². The summed E-state index contributed by atoms with van der Waals surface area (Å²) in [6.07, 6.45) is 0. The van der Waals surface area contributed by atoms with Crippen LogP contribution in [0.25, 0.3) is 32.7 Å². The maximum atomic E-state index is 12.9. The van der Waals surface area contributed by atoms with Gasteiger partial charge in [0.1, 0.15) is 22.7 Å². The van der Waals surface area contributed by atoms with E-state index in [1.54, 1.807) is 43.5 Å². The molecule has 0 bridgehead atoms. The molecule has 0 aliphatic carbocycles. The zero-order valence-electron chi connectivity index (χ0n) is 13.8. The van der Waals surface area contributed by atoms with Crippen LogP contribution in [-0.4, -0.2) is 12.2 Å². The van der Waals surface area contributed by atoms with Crippen LogP contribution in [0.3, 0.4) is 0 Å². The number of aromatic hydroxyl groups is 1. The van der Waals surface area contributed by atoms with Crippen molar-refractivity contribution in [1.82, 2.24) is 0 Å². The summed E-state index contributed by atoms with van der Waals surface area (Å²) in [6, 6.07) is 13.9. The number of benzene rings is 3. The molecular formula is C20H18O4. The lowest BCUT2D eigenvalue weighted by Gasteiger charge is -2.07. The minimum Gasteiger partial charge on any atom is -0.507 e. The van der Waals surface area contributed by atoms with Crippen LogP contribution >= 0.6 is 0 Å². The lowest BCUT2D eigenvalue weighted by Crippen LogP contribution is -2.03. The predicted molar refractivity (Wildman–Crippen MR) is 97.1 cm³/mol. The third-order valence-corrected chi connectivity index (χ3v) is 3.86. The molecule has 0 spiro atoms. The van der Waals surface area contributed by atoms with Crippen LogP contribution in [0.5, 0.6) is 11.5 Å². The highest BCUT2D eigenvalue weighted by molar-refractivity contribution is 6.10. The second-order valence-corrected chi connectivity index (χ2v) is 5.11. The summed E-state index contributed by atoms with van der Waals surface area (Å²) in [6.45, 7) is 4.00. The maximum absolute atomic E-state index is 12.9. The van der Waals surface area contributed by atoms with Crippen molar-refractivity contribution in [3.63, 3.8) is 0 Å². The topological polar surface area (TPSA) is 59.7 Å². The Kier molecular flexibility index (Phi) is 4.13. The quantitative estimate of drug-likeness (QED) is 0.402. The first-order chi connectivity index (χ1) is 11.7. The van der Waals surface area contributed by atoms with Crippen molar-refractivity contribution in [2.45, 2.75) is 13.8 Å². The normalized spacial score (nSPS) is 10.6. The van der Waals surface area contributed by atoms with E-state index in [1.165, 1.54) is 0 Å². The molecule has 0 amide bonds. The molecule has 0 atom stereocenters. The Bertz CT molecular complexity index is 1090. The summed E-state index contributed by atoms with van der Waals surface area (Å²) < 4.78 is 11.0. The molecule has 0 radical (unpaired) electrons. The second kappa shape index (κ2) is 6.24. The lowest BCUT2D eigenvalue weighted by molar-refractivity contribution is 0.415. The van der Waals surface area contributed by atoms with E-state index in [2.05, 4.69) is 0 Å². The van der Waals surface area contributed by atoms with E-state index in [4.69, 9.17) is 9.15 Å². The fourth-order valence-electron chi connectivity index (χ4n) is 2.81. The number of ether oxygens (including phenoxy) is 1. The highest BCUT2D eigenvalue weighted by atomic mass is 16.5. The van der Waals surface area contributed by atoms with Crippen LogP contribution in [0.2, 0.25) is 0 Å². The number of hydrogen-bond acceptors (Lipinski definition) is 4. The molecule has 4 nitrogen and oxygen atoms in total. The Hall–Kier alpha value is -3.01. The van der Waals surface area contributed by atoms with Gasteiger partial charge in [-0.1, -0.05) is 32.0 Å². The number of fused-ring (bicyclic) bond motifs is 4. The van der Waals surface area contributed by atoms with Gasteiger partial charge in [-0.15, -0.1) is 0 Å². The van der Waals surface area contributed by atoms with Gasteiger partial charge in [0.05, 0.1) is 17.9 Å². The van der Waals surface area contributed by atoms with Crippen molar-refractivity contribution in [3.8, 4) is 11.5 Å². The van der Waals surface area contributed by atoms with Gasteiger partial charge in [-0.2, -0.15) is 0 Å². The number of methoxy groups -OCH3 is 1. The standard InChI is InChI=1S/C18H12O4.C2H6/c1-21-11-6-8-14-12(9-11)18(20)17-15(22-14)7-5-10-3-2-4-13(19)16(10)17;1-2/h2-9,19H,1H3;1-2H3. The molecule has 0 fully saturated rings.